The second kappa shape index (κ2) is 8.60. The molecule has 0 radical (unpaired) electrons. The lowest BCUT2D eigenvalue weighted by atomic mass is 10.2. The standard InChI is InChI=1S/C17H16ClNO3S/c1-23-15-9-5-3-7-13(15)17(21)22-11-16(20)19-10-12-6-2-4-8-14(12)18/h2-9H,10-11H2,1H3,(H,19,20). The van der Waals surface area contributed by atoms with Crippen LogP contribution in [-0.2, 0) is 16.1 Å². The minimum Gasteiger partial charge on any atom is -0.452 e. The van der Waals surface area contributed by atoms with E-state index < -0.39 is 5.97 Å². The van der Waals surface area contributed by atoms with Crippen LogP contribution in [0.2, 0.25) is 5.02 Å². The number of hydrogen-bond acceptors (Lipinski definition) is 4. The number of amides is 1. The smallest absolute Gasteiger partial charge is 0.339 e. The van der Waals surface area contributed by atoms with Gasteiger partial charge in [-0.25, -0.2) is 4.79 Å². The first-order valence-electron chi connectivity index (χ1n) is 6.92. The van der Waals surface area contributed by atoms with E-state index in [1.54, 1.807) is 18.2 Å². The Morgan fingerprint density at radius 2 is 1.83 bits per heavy atom. The highest BCUT2D eigenvalue weighted by Gasteiger charge is 2.13. The van der Waals surface area contributed by atoms with Crippen molar-refractivity contribution in [3.63, 3.8) is 0 Å². The van der Waals surface area contributed by atoms with Crippen molar-refractivity contribution in [2.45, 2.75) is 11.4 Å². The Morgan fingerprint density at radius 3 is 2.57 bits per heavy atom. The van der Waals surface area contributed by atoms with Crippen LogP contribution in [0.1, 0.15) is 15.9 Å². The highest BCUT2D eigenvalue weighted by molar-refractivity contribution is 7.98. The van der Waals surface area contributed by atoms with Crippen LogP contribution in [0.3, 0.4) is 0 Å². The van der Waals surface area contributed by atoms with Gasteiger partial charge in [0.1, 0.15) is 0 Å². The summed E-state index contributed by atoms with van der Waals surface area (Å²) in [4.78, 5) is 24.6. The summed E-state index contributed by atoms with van der Waals surface area (Å²) in [5, 5.41) is 3.25. The molecule has 0 saturated heterocycles. The summed E-state index contributed by atoms with van der Waals surface area (Å²) in [6, 6.07) is 14.3. The maximum Gasteiger partial charge on any atom is 0.339 e. The highest BCUT2D eigenvalue weighted by atomic mass is 35.5. The van der Waals surface area contributed by atoms with Gasteiger partial charge in [0.25, 0.3) is 5.91 Å². The molecule has 4 nitrogen and oxygen atoms in total. The van der Waals surface area contributed by atoms with Crippen molar-refractivity contribution in [2.75, 3.05) is 12.9 Å². The first-order chi connectivity index (χ1) is 11.1. The molecule has 0 bridgehead atoms. The summed E-state index contributed by atoms with van der Waals surface area (Å²) in [6.07, 6.45) is 1.88. The van der Waals surface area contributed by atoms with Gasteiger partial charge in [-0.15, -0.1) is 11.8 Å². The minimum atomic E-state index is -0.511. The maximum absolute atomic E-state index is 12.0. The number of carbonyl (C=O) groups is 2. The van der Waals surface area contributed by atoms with E-state index in [1.165, 1.54) is 11.8 Å². The molecule has 0 aliphatic rings. The maximum atomic E-state index is 12.0. The van der Waals surface area contributed by atoms with E-state index in [0.29, 0.717) is 10.6 Å². The van der Waals surface area contributed by atoms with Crippen LogP contribution in [0.15, 0.2) is 53.4 Å². The molecule has 0 atom stereocenters. The molecule has 2 rings (SSSR count). The van der Waals surface area contributed by atoms with Crippen molar-refractivity contribution in [1.82, 2.24) is 5.32 Å². The Labute approximate surface area is 144 Å². The zero-order valence-electron chi connectivity index (χ0n) is 12.5. The number of ether oxygens (including phenoxy) is 1. The molecule has 0 spiro atoms. The SMILES string of the molecule is CSc1ccccc1C(=O)OCC(=O)NCc1ccccc1Cl. The van der Waals surface area contributed by atoms with Crippen molar-refractivity contribution in [3.05, 3.63) is 64.7 Å². The van der Waals surface area contributed by atoms with Crippen LogP contribution < -0.4 is 5.32 Å². The number of rotatable bonds is 6. The number of thioether (sulfide) groups is 1. The summed E-state index contributed by atoms with van der Waals surface area (Å²) in [5.74, 6) is -0.886. The molecule has 23 heavy (non-hydrogen) atoms. The summed E-state index contributed by atoms with van der Waals surface area (Å²) in [6.45, 7) is -0.0382. The van der Waals surface area contributed by atoms with Gasteiger partial charge in [-0.05, 0) is 30.0 Å². The van der Waals surface area contributed by atoms with E-state index in [0.717, 1.165) is 10.5 Å². The first-order valence-corrected chi connectivity index (χ1v) is 8.52. The molecule has 1 N–H and O–H groups in total. The summed E-state index contributed by atoms with van der Waals surface area (Å²) in [7, 11) is 0. The molecule has 0 heterocycles. The van der Waals surface area contributed by atoms with Gasteiger partial charge in [0.15, 0.2) is 6.61 Å². The molecule has 120 valence electrons. The van der Waals surface area contributed by atoms with Crippen LogP contribution >= 0.6 is 23.4 Å². The van der Waals surface area contributed by atoms with E-state index in [-0.39, 0.29) is 19.1 Å². The van der Waals surface area contributed by atoms with Crippen LogP contribution in [-0.4, -0.2) is 24.7 Å². The number of esters is 1. The third-order valence-corrected chi connectivity index (χ3v) is 4.26. The normalized spacial score (nSPS) is 10.2. The van der Waals surface area contributed by atoms with Gasteiger partial charge in [0.2, 0.25) is 0 Å². The Bertz CT molecular complexity index is 706. The van der Waals surface area contributed by atoms with Crippen molar-refractivity contribution >= 4 is 35.2 Å². The zero-order chi connectivity index (χ0) is 16.7. The van der Waals surface area contributed by atoms with E-state index in [2.05, 4.69) is 5.32 Å². The molecular weight excluding hydrogens is 334 g/mol. The quantitative estimate of drug-likeness (QED) is 0.640. The van der Waals surface area contributed by atoms with Gasteiger partial charge in [0, 0.05) is 16.5 Å². The largest absolute Gasteiger partial charge is 0.452 e. The van der Waals surface area contributed by atoms with Gasteiger partial charge in [-0.2, -0.15) is 0 Å². The Morgan fingerprint density at radius 1 is 1.13 bits per heavy atom. The molecule has 0 aromatic heterocycles. The van der Waals surface area contributed by atoms with Crippen molar-refractivity contribution in [2.24, 2.45) is 0 Å². The number of hydrogen-bond donors (Lipinski definition) is 1. The molecule has 2 aromatic rings. The predicted molar refractivity (Wildman–Crippen MR) is 91.8 cm³/mol. The third kappa shape index (κ3) is 5.01. The number of nitrogens with one attached hydrogen (secondary N) is 1. The highest BCUT2D eigenvalue weighted by Crippen LogP contribution is 2.20. The second-order valence-corrected chi connectivity index (χ2v) is 5.90. The topological polar surface area (TPSA) is 55.4 Å². The van der Waals surface area contributed by atoms with Gasteiger partial charge in [-0.1, -0.05) is 41.9 Å². The first kappa shape index (κ1) is 17.4. The van der Waals surface area contributed by atoms with E-state index in [1.807, 2.05) is 36.6 Å². The van der Waals surface area contributed by atoms with Crippen molar-refractivity contribution in [3.8, 4) is 0 Å². The summed E-state index contributed by atoms with van der Waals surface area (Å²) < 4.78 is 5.05. The fourth-order valence-electron chi connectivity index (χ4n) is 1.91. The molecule has 0 aliphatic heterocycles. The van der Waals surface area contributed by atoms with Gasteiger partial charge in [0.05, 0.1) is 5.56 Å². The number of benzene rings is 2. The molecular formula is C17H16ClNO3S. The average molecular weight is 350 g/mol. The monoisotopic (exact) mass is 349 g/mol. The number of carbonyl (C=O) groups excluding carboxylic acids is 2. The van der Waals surface area contributed by atoms with Crippen LogP contribution in [0, 0.1) is 0 Å². The Kier molecular flexibility index (Phi) is 6.50. The minimum absolute atomic E-state index is 0.289. The van der Waals surface area contributed by atoms with Crippen molar-refractivity contribution in [1.29, 1.82) is 0 Å². The number of halogens is 1. The molecule has 0 fully saturated rings. The Balaban J connectivity index is 1.84. The fourth-order valence-corrected chi connectivity index (χ4v) is 2.70. The predicted octanol–water partition coefficient (Wildman–Crippen LogP) is 3.54. The average Bonchev–Trinajstić information content (AvgIpc) is 2.58. The molecule has 2 aromatic carbocycles. The van der Waals surface area contributed by atoms with E-state index >= 15 is 0 Å². The summed E-state index contributed by atoms with van der Waals surface area (Å²) in [5.41, 5.74) is 1.26. The third-order valence-electron chi connectivity index (χ3n) is 3.10. The van der Waals surface area contributed by atoms with E-state index in [9.17, 15) is 9.59 Å². The molecule has 0 aliphatic carbocycles. The molecule has 6 heteroatoms. The lowest BCUT2D eigenvalue weighted by Gasteiger charge is -2.09. The van der Waals surface area contributed by atoms with Crippen LogP contribution in [0.4, 0.5) is 0 Å². The van der Waals surface area contributed by atoms with Crippen LogP contribution in [0.25, 0.3) is 0 Å². The molecule has 0 unspecified atom stereocenters. The second-order valence-electron chi connectivity index (χ2n) is 4.64. The van der Waals surface area contributed by atoms with Gasteiger partial charge >= 0.3 is 5.97 Å². The summed E-state index contributed by atoms with van der Waals surface area (Å²) >= 11 is 7.46. The fraction of sp³-hybridized carbons (Fsp3) is 0.176. The van der Waals surface area contributed by atoms with Gasteiger partial charge in [-0.3, -0.25) is 4.79 Å². The molecule has 1 amide bonds. The van der Waals surface area contributed by atoms with Crippen LogP contribution in [0.5, 0.6) is 0 Å². The Hall–Kier alpha value is -1.98. The van der Waals surface area contributed by atoms with Crippen molar-refractivity contribution < 1.29 is 14.3 Å². The lowest BCUT2D eigenvalue weighted by Crippen LogP contribution is -2.28. The zero-order valence-corrected chi connectivity index (χ0v) is 14.1. The lowest BCUT2D eigenvalue weighted by molar-refractivity contribution is -0.124. The van der Waals surface area contributed by atoms with Gasteiger partial charge < -0.3 is 10.1 Å². The molecule has 0 saturated carbocycles. The van der Waals surface area contributed by atoms with E-state index in [4.69, 9.17) is 16.3 Å².